The second kappa shape index (κ2) is 3.98. The minimum Gasteiger partial charge on any atom is -0.504 e. The fourth-order valence-corrected chi connectivity index (χ4v) is 1.26. The molecule has 0 aliphatic rings. The van der Waals surface area contributed by atoms with Crippen LogP contribution in [0.2, 0.25) is 0 Å². The number of hydrogen-bond acceptors (Lipinski definition) is 4. The Hall–Kier alpha value is -2.43. The van der Waals surface area contributed by atoms with Gasteiger partial charge in [-0.1, -0.05) is 30.3 Å². The van der Waals surface area contributed by atoms with Crippen molar-refractivity contribution >= 4 is 5.97 Å². The van der Waals surface area contributed by atoms with Gasteiger partial charge >= 0.3 is 5.97 Å². The molecule has 5 heteroatoms. The maximum atomic E-state index is 10.8. The van der Waals surface area contributed by atoms with Gasteiger partial charge in [0.1, 0.15) is 0 Å². The van der Waals surface area contributed by atoms with Crippen LogP contribution in [0.25, 0.3) is 11.4 Å². The number of hydrogen-bond donors (Lipinski definition) is 2. The van der Waals surface area contributed by atoms with Crippen LogP contribution in [0.15, 0.2) is 36.5 Å². The van der Waals surface area contributed by atoms with E-state index in [-0.39, 0.29) is 5.82 Å². The summed E-state index contributed by atoms with van der Waals surface area (Å²) in [7, 11) is 0. The zero-order valence-corrected chi connectivity index (χ0v) is 8.16. The lowest BCUT2D eigenvalue weighted by Gasteiger charge is -2.02. The topological polar surface area (TPSA) is 83.3 Å². The molecule has 0 amide bonds. The Balaban J connectivity index is 2.52. The minimum absolute atomic E-state index is 0.274. The summed E-state index contributed by atoms with van der Waals surface area (Å²) in [6.45, 7) is 0. The first-order chi connectivity index (χ1) is 7.68. The van der Waals surface area contributed by atoms with E-state index in [0.717, 1.165) is 6.20 Å². The van der Waals surface area contributed by atoms with Crippen molar-refractivity contribution < 1.29 is 15.0 Å². The molecule has 2 N–H and O–H groups in total. The fourth-order valence-electron chi connectivity index (χ4n) is 1.26. The average molecular weight is 216 g/mol. The quantitative estimate of drug-likeness (QED) is 0.795. The molecule has 0 aliphatic heterocycles. The summed E-state index contributed by atoms with van der Waals surface area (Å²) in [6.07, 6.45) is 1.08. The number of carbonyl (C=O) groups is 1. The third kappa shape index (κ3) is 1.83. The van der Waals surface area contributed by atoms with Crippen LogP contribution in [-0.2, 0) is 0 Å². The largest absolute Gasteiger partial charge is 0.504 e. The first kappa shape index (κ1) is 10.1. The van der Waals surface area contributed by atoms with Crippen LogP contribution >= 0.6 is 0 Å². The van der Waals surface area contributed by atoms with Crippen LogP contribution in [0.1, 0.15) is 10.5 Å². The predicted octanol–water partition coefficient (Wildman–Crippen LogP) is 1.55. The molecule has 5 nitrogen and oxygen atoms in total. The summed E-state index contributed by atoms with van der Waals surface area (Å²) in [4.78, 5) is 18.4. The lowest BCUT2D eigenvalue weighted by Crippen LogP contribution is -2.03. The molecule has 1 aromatic carbocycles. The van der Waals surface area contributed by atoms with Gasteiger partial charge in [0.05, 0.1) is 6.20 Å². The van der Waals surface area contributed by atoms with Crippen molar-refractivity contribution in [2.24, 2.45) is 0 Å². The van der Waals surface area contributed by atoms with Gasteiger partial charge in [-0.25, -0.2) is 14.8 Å². The van der Waals surface area contributed by atoms with Crippen LogP contribution in [0.3, 0.4) is 0 Å². The molecular weight excluding hydrogens is 208 g/mol. The minimum atomic E-state index is -1.28. The molecule has 0 bridgehead atoms. The first-order valence-electron chi connectivity index (χ1n) is 4.53. The molecule has 0 saturated carbocycles. The summed E-state index contributed by atoms with van der Waals surface area (Å²) in [5, 5.41) is 18.0. The summed E-state index contributed by atoms with van der Waals surface area (Å²) < 4.78 is 0. The second-order valence-corrected chi connectivity index (χ2v) is 3.10. The van der Waals surface area contributed by atoms with Gasteiger partial charge in [-0.2, -0.15) is 0 Å². The SMILES string of the molecule is O=C(O)c1nc(-c2ccccc2)ncc1O. The molecule has 2 aromatic rings. The van der Waals surface area contributed by atoms with Crippen LogP contribution in [0.5, 0.6) is 5.75 Å². The van der Waals surface area contributed by atoms with Gasteiger partial charge in [-0.05, 0) is 0 Å². The smallest absolute Gasteiger partial charge is 0.358 e. The van der Waals surface area contributed by atoms with Crippen molar-refractivity contribution in [3.63, 3.8) is 0 Å². The van der Waals surface area contributed by atoms with E-state index >= 15 is 0 Å². The lowest BCUT2D eigenvalue weighted by molar-refractivity contribution is 0.0687. The average Bonchev–Trinajstić information content (AvgIpc) is 2.30. The fraction of sp³-hybridized carbons (Fsp3) is 0. The summed E-state index contributed by atoms with van der Waals surface area (Å²) in [5.41, 5.74) is 0.304. The number of aromatic carboxylic acids is 1. The van der Waals surface area contributed by atoms with Crippen LogP contribution in [-0.4, -0.2) is 26.2 Å². The standard InChI is InChI=1S/C11H8N2O3/c14-8-6-12-10(13-9(8)11(15)16)7-4-2-1-3-5-7/h1-6,14H,(H,15,16). The van der Waals surface area contributed by atoms with E-state index in [2.05, 4.69) is 9.97 Å². The Labute approximate surface area is 91.0 Å². The van der Waals surface area contributed by atoms with E-state index in [0.29, 0.717) is 5.56 Å². The molecule has 0 spiro atoms. The third-order valence-electron chi connectivity index (χ3n) is 2.00. The Bertz CT molecular complexity index is 526. The van der Waals surface area contributed by atoms with Crippen molar-refractivity contribution in [3.05, 3.63) is 42.2 Å². The number of aromatic nitrogens is 2. The number of carboxylic acid groups (broad SMARTS) is 1. The molecule has 2 rings (SSSR count). The van der Waals surface area contributed by atoms with Gasteiger partial charge in [-0.15, -0.1) is 0 Å². The third-order valence-corrected chi connectivity index (χ3v) is 2.00. The van der Waals surface area contributed by atoms with Crippen molar-refractivity contribution in [3.8, 4) is 17.1 Å². The zero-order chi connectivity index (χ0) is 11.5. The molecule has 80 valence electrons. The number of nitrogens with zero attached hydrogens (tertiary/aromatic N) is 2. The molecule has 0 atom stereocenters. The highest BCUT2D eigenvalue weighted by atomic mass is 16.4. The highest BCUT2D eigenvalue weighted by Crippen LogP contribution is 2.19. The highest BCUT2D eigenvalue weighted by Gasteiger charge is 2.13. The van der Waals surface area contributed by atoms with E-state index in [1.807, 2.05) is 6.07 Å². The highest BCUT2D eigenvalue weighted by molar-refractivity contribution is 5.88. The van der Waals surface area contributed by atoms with Crippen molar-refractivity contribution in [1.29, 1.82) is 0 Å². The number of benzene rings is 1. The van der Waals surface area contributed by atoms with Gasteiger partial charge in [0, 0.05) is 5.56 Å². The monoisotopic (exact) mass is 216 g/mol. The molecule has 16 heavy (non-hydrogen) atoms. The van der Waals surface area contributed by atoms with Gasteiger partial charge in [-0.3, -0.25) is 0 Å². The Morgan fingerprint density at radius 2 is 1.88 bits per heavy atom. The molecule has 0 radical (unpaired) electrons. The summed E-state index contributed by atoms with van der Waals surface area (Å²) in [5.74, 6) is -1.44. The molecule has 1 heterocycles. The molecule has 0 saturated heterocycles. The predicted molar refractivity (Wildman–Crippen MR) is 56.1 cm³/mol. The maximum Gasteiger partial charge on any atom is 0.358 e. The van der Waals surface area contributed by atoms with Crippen LogP contribution < -0.4 is 0 Å². The summed E-state index contributed by atoms with van der Waals surface area (Å²) in [6, 6.07) is 8.95. The second-order valence-electron chi connectivity index (χ2n) is 3.10. The van der Waals surface area contributed by atoms with E-state index in [1.54, 1.807) is 24.3 Å². The zero-order valence-electron chi connectivity index (χ0n) is 8.16. The van der Waals surface area contributed by atoms with Crippen molar-refractivity contribution in [2.75, 3.05) is 0 Å². The Morgan fingerprint density at radius 1 is 1.19 bits per heavy atom. The van der Waals surface area contributed by atoms with Crippen LogP contribution in [0, 0.1) is 0 Å². The first-order valence-corrected chi connectivity index (χ1v) is 4.53. The van der Waals surface area contributed by atoms with E-state index in [1.165, 1.54) is 0 Å². The molecular formula is C11H8N2O3. The molecule has 0 aliphatic carbocycles. The molecule has 0 fully saturated rings. The number of carboxylic acids is 1. The van der Waals surface area contributed by atoms with E-state index in [4.69, 9.17) is 5.11 Å². The molecule has 0 unspecified atom stereocenters. The summed E-state index contributed by atoms with van der Waals surface area (Å²) >= 11 is 0. The van der Waals surface area contributed by atoms with Gasteiger partial charge in [0.2, 0.25) is 0 Å². The van der Waals surface area contributed by atoms with Gasteiger partial charge in [0.15, 0.2) is 17.3 Å². The Kier molecular flexibility index (Phi) is 2.51. The van der Waals surface area contributed by atoms with Crippen molar-refractivity contribution in [1.82, 2.24) is 9.97 Å². The van der Waals surface area contributed by atoms with E-state index in [9.17, 15) is 9.90 Å². The Morgan fingerprint density at radius 3 is 2.50 bits per heavy atom. The maximum absolute atomic E-state index is 10.8. The molecule has 1 aromatic heterocycles. The lowest BCUT2D eigenvalue weighted by atomic mass is 10.2. The van der Waals surface area contributed by atoms with Crippen molar-refractivity contribution in [2.45, 2.75) is 0 Å². The van der Waals surface area contributed by atoms with Crippen LogP contribution in [0.4, 0.5) is 0 Å². The number of aromatic hydroxyl groups is 1. The normalized spacial score (nSPS) is 10.0. The van der Waals surface area contributed by atoms with E-state index < -0.39 is 17.4 Å². The number of rotatable bonds is 2. The van der Waals surface area contributed by atoms with Gasteiger partial charge < -0.3 is 10.2 Å². The van der Waals surface area contributed by atoms with Gasteiger partial charge in [0.25, 0.3) is 0 Å².